The molecule has 3 N–H and O–H groups in total. The Labute approximate surface area is 118 Å². The second-order valence-corrected chi connectivity index (χ2v) is 4.45. The first kappa shape index (κ1) is 14.0. The Hall–Kier alpha value is -2.40. The van der Waals surface area contributed by atoms with E-state index < -0.39 is 0 Å². The van der Waals surface area contributed by atoms with Gasteiger partial charge in [-0.3, -0.25) is 15.6 Å². The number of pyridine rings is 1. The summed E-state index contributed by atoms with van der Waals surface area (Å²) < 4.78 is 0. The molecule has 0 bridgehead atoms. The zero-order valence-corrected chi connectivity index (χ0v) is 11.6. The summed E-state index contributed by atoms with van der Waals surface area (Å²) in [4.78, 5) is 18.3. The Bertz CT molecular complexity index is 612. The van der Waals surface area contributed by atoms with E-state index in [4.69, 9.17) is 5.84 Å². The zero-order chi connectivity index (χ0) is 14.5. The van der Waals surface area contributed by atoms with E-state index in [0.29, 0.717) is 17.8 Å². The molecule has 0 saturated heterocycles. The number of carbonyl (C=O) groups is 1. The minimum atomic E-state index is -0.103. The lowest BCUT2D eigenvalue weighted by molar-refractivity contribution is 0.0989. The van der Waals surface area contributed by atoms with Crippen LogP contribution in [0.5, 0.6) is 0 Å². The normalized spacial score (nSPS) is 10.2. The number of amides is 1. The van der Waals surface area contributed by atoms with Crippen molar-refractivity contribution in [3.8, 4) is 0 Å². The summed E-state index contributed by atoms with van der Waals surface area (Å²) in [7, 11) is 0. The average molecular weight is 270 g/mol. The number of hydrogen-bond acceptors (Lipinski definition) is 4. The van der Waals surface area contributed by atoms with Crippen molar-refractivity contribution in [2.75, 3.05) is 16.9 Å². The maximum atomic E-state index is 12.7. The smallest absolute Gasteiger partial charge is 0.260 e. The third kappa shape index (κ3) is 2.78. The van der Waals surface area contributed by atoms with Crippen LogP contribution >= 0.6 is 0 Å². The first-order chi connectivity index (χ1) is 9.67. The molecule has 0 atom stereocenters. The van der Waals surface area contributed by atoms with E-state index in [1.165, 1.54) is 6.20 Å². The monoisotopic (exact) mass is 270 g/mol. The van der Waals surface area contributed by atoms with Crippen LogP contribution in [0.15, 0.2) is 42.7 Å². The van der Waals surface area contributed by atoms with Crippen LogP contribution in [0.25, 0.3) is 0 Å². The van der Waals surface area contributed by atoms with Gasteiger partial charge < -0.3 is 10.3 Å². The number of aromatic nitrogens is 1. The number of nitrogens with zero attached hydrogens (tertiary/aromatic N) is 2. The Kier molecular flexibility index (Phi) is 4.32. The minimum absolute atomic E-state index is 0.103. The standard InChI is InChI=1S/C15H18N4O/c1-3-19(12-6-4-5-11(2)9-12)15(20)13-7-8-17-10-14(13)18-16/h4-10,18H,3,16H2,1-2H3. The second kappa shape index (κ2) is 6.16. The van der Waals surface area contributed by atoms with Crippen LogP contribution in [0, 0.1) is 6.92 Å². The SMILES string of the molecule is CCN(C(=O)c1ccncc1NN)c1cccc(C)c1. The predicted molar refractivity (Wildman–Crippen MR) is 80.6 cm³/mol. The van der Waals surface area contributed by atoms with E-state index in [-0.39, 0.29) is 5.91 Å². The molecule has 104 valence electrons. The summed E-state index contributed by atoms with van der Waals surface area (Å²) >= 11 is 0. The lowest BCUT2D eigenvalue weighted by Gasteiger charge is -2.22. The molecule has 0 aliphatic carbocycles. The molecule has 1 amide bonds. The number of hydrazine groups is 1. The summed E-state index contributed by atoms with van der Waals surface area (Å²) in [6.45, 7) is 4.52. The van der Waals surface area contributed by atoms with Gasteiger partial charge in [-0.15, -0.1) is 0 Å². The van der Waals surface area contributed by atoms with Gasteiger partial charge in [-0.05, 0) is 37.6 Å². The number of nitrogen functional groups attached to an aromatic ring is 1. The molecule has 0 unspecified atom stereocenters. The fraction of sp³-hybridized carbons (Fsp3) is 0.200. The summed E-state index contributed by atoms with van der Waals surface area (Å²) in [5, 5.41) is 0. The third-order valence-electron chi connectivity index (χ3n) is 3.08. The van der Waals surface area contributed by atoms with Gasteiger partial charge >= 0.3 is 0 Å². The molecule has 5 nitrogen and oxygen atoms in total. The lowest BCUT2D eigenvalue weighted by atomic mass is 10.1. The highest BCUT2D eigenvalue weighted by Crippen LogP contribution is 2.21. The zero-order valence-electron chi connectivity index (χ0n) is 11.6. The van der Waals surface area contributed by atoms with Gasteiger partial charge in [-0.1, -0.05) is 12.1 Å². The summed E-state index contributed by atoms with van der Waals surface area (Å²) in [5.41, 5.74) is 5.52. The quantitative estimate of drug-likeness (QED) is 0.661. The van der Waals surface area contributed by atoms with Crippen LogP contribution in [-0.4, -0.2) is 17.4 Å². The first-order valence-electron chi connectivity index (χ1n) is 6.46. The van der Waals surface area contributed by atoms with Crippen LogP contribution in [0.3, 0.4) is 0 Å². The number of benzene rings is 1. The van der Waals surface area contributed by atoms with E-state index in [1.807, 2.05) is 38.1 Å². The highest BCUT2D eigenvalue weighted by atomic mass is 16.2. The van der Waals surface area contributed by atoms with Gasteiger partial charge in [0.2, 0.25) is 0 Å². The van der Waals surface area contributed by atoms with Crippen molar-refractivity contribution in [2.45, 2.75) is 13.8 Å². The van der Waals surface area contributed by atoms with E-state index >= 15 is 0 Å². The lowest BCUT2D eigenvalue weighted by Crippen LogP contribution is -2.31. The van der Waals surface area contributed by atoms with Crippen molar-refractivity contribution in [2.24, 2.45) is 5.84 Å². The molecule has 0 saturated carbocycles. The van der Waals surface area contributed by atoms with Gasteiger partial charge in [0.15, 0.2) is 0 Å². The maximum absolute atomic E-state index is 12.7. The second-order valence-electron chi connectivity index (χ2n) is 4.45. The molecule has 1 heterocycles. The van der Waals surface area contributed by atoms with Crippen LogP contribution in [0.1, 0.15) is 22.8 Å². The van der Waals surface area contributed by atoms with Gasteiger partial charge in [-0.25, -0.2) is 0 Å². The van der Waals surface area contributed by atoms with Crippen molar-refractivity contribution in [1.82, 2.24) is 4.98 Å². The topological polar surface area (TPSA) is 71.2 Å². The summed E-state index contributed by atoms with van der Waals surface area (Å²) in [6.07, 6.45) is 3.12. The van der Waals surface area contributed by atoms with E-state index in [1.54, 1.807) is 17.2 Å². The van der Waals surface area contributed by atoms with Crippen molar-refractivity contribution in [3.63, 3.8) is 0 Å². The van der Waals surface area contributed by atoms with Crippen molar-refractivity contribution in [3.05, 3.63) is 53.9 Å². The Morgan fingerprint density at radius 3 is 2.85 bits per heavy atom. The highest BCUT2D eigenvalue weighted by molar-refractivity contribution is 6.09. The molecule has 2 rings (SSSR count). The van der Waals surface area contributed by atoms with Crippen molar-refractivity contribution < 1.29 is 4.79 Å². The number of nitrogens with two attached hydrogens (primary N) is 1. The van der Waals surface area contributed by atoms with E-state index in [9.17, 15) is 4.79 Å². The molecular weight excluding hydrogens is 252 g/mol. The number of nitrogens with one attached hydrogen (secondary N) is 1. The molecule has 0 aliphatic rings. The number of rotatable bonds is 4. The van der Waals surface area contributed by atoms with Gasteiger partial charge in [0.1, 0.15) is 0 Å². The Balaban J connectivity index is 2.39. The van der Waals surface area contributed by atoms with Crippen LogP contribution in [0.4, 0.5) is 11.4 Å². The van der Waals surface area contributed by atoms with Crippen molar-refractivity contribution >= 4 is 17.3 Å². The van der Waals surface area contributed by atoms with Crippen LogP contribution in [-0.2, 0) is 0 Å². The molecule has 5 heteroatoms. The fourth-order valence-electron chi connectivity index (χ4n) is 2.08. The minimum Gasteiger partial charge on any atom is -0.322 e. The molecular formula is C15H18N4O. The van der Waals surface area contributed by atoms with Gasteiger partial charge in [0, 0.05) is 18.4 Å². The van der Waals surface area contributed by atoms with Gasteiger partial charge in [0.25, 0.3) is 5.91 Å². The molecule has 0 spiro atoms. The summed E-state index contributed by atoms with van der Waals surface area (Å²) in [5.74, 6) is 5.33. The average Bonchev–Trinajstić information content (AvgIpc) is 2.48. The molecule has 1 aromatic carbocycles. The Morgan fingerprint density at radius 2 is 2.20 bits per heavy atom. The van der Waals surface area contributed by atoms with E-state index in [0.717, 1.165) is 11.3 Å². The molecule has 0 aliphatic heterocycles. The van der Waals surface area contributed by atoms with Crippen LogP contribution in [0.2, 0.25) is 0 Å². The summed E-state index contributed by atoms with van der Waals surface area (Å²) in [6, 6.07) is 9.51. The molecule has 0 fully saturated rings. The molecule has 1 aromatic heterocycles. The van der Waals surface area contributed by atoms with Crippen LogP contribution < -0.4 is 16.2 Å². The number of hydrogen-bond donors (Lipinski definition) is 2. The maximum Gasteiger partial charge on any atom is 0.260 e. The first-order valence-corrected chi connectivity index (χ1v) is 6.46. The van der Waals surface area contributed by atoms with E-state index in [2.05, 4.69) is 10.4 Å². The largest absolute Gasteiger partial charge is 0.322 e. The van der Waals surface area contributed by atoms with Crippen molar-refractivity contribution in [1.29, 1.82) is 0 Å². The molecule has 2 aromatic rings. The number of anilines is 2. The van der Waals surface area contributed by atoms with Gasteiger partial charge in [-0.2, -0.15) is 0 Å². The Morgan fingerprint density at radius 1 is 1.40 bits per heavy atom. The predicted octanol–water partition coefficient (Wildman–Crippen LogP) is 2.34. The number of aryl methyl sites for hydroxylation is 1. The molecule has 20 heavy (non-hydrogen) atoms. The third-order valence-corrected chi connectivity index (χ3v) is 3.08. The molecule has 0 radical (unpaired) electrons. The highest BCUT2D eigenvalue weighted by Gasteiger charge is 2.19. The van der Waals surface area contributed by atoms with Gasteiger partial charge in [0.05, 0.1) is 17.4 Å². The number of carbonyl (C=O) groups excluding carboxylic acids is 1. The fourth-order valence-corrected chi connectivity index (χ4v) is 2.08.